The zero-order valence-electron chi connectivity index (χ0n) is 5.03. The fraction of sp³-hybridized carbons (Fsp3) is 0.400. The van der Waals surface area contributed by atoms with Gasteiger partial charge in [0.15, 0.2) is 6.73 Å². The fourth-order valence-electron chi connectivity index (χ4n) is 0.514. The minimum Gasteiger partial charge on any atom is -0.479 e. The summed E-state index contributed by atoms with van der Waals surface area (Å²) in [7, 11) is 1.33. The summed E-state index contributed by atoms with van der Waals surface area (Å²) in [5, 5.41) is 0. The second-order valence-corrected chi connectivity index (χ2v) is 1.52. The number of methoxy groups -OCH3 is 1. The van der Waals surface area contributed by atoms with E-state index in [9.17, 15) is 4.79 Å². The minimum absolute atomic E-state index is 0.257. The van der Waals surface area contributed by atoms with Crippen molar-refractivity contribution < 1.29 is 14.3 Å². The molecular formula is C5H7NO3. The molecule has 9 heavy (non-hydrogen) atoms. The number of ether oxygens (including phenoxy) is 2. The van der Waals surface area contributed by atoms with Crippen LogP contribution in [0, 0.1) is 0 Å². The molecule has 0 aliphatic carbocycles. The summed E-state index contributed by atoms with van der Waals surface area (Å²) in [6.45, 7) is 0.257. The second kappa shape index (κ2) is 2.39. The highest BCUT2D eigenvalue weighted by Crippen LogP contribution is 2.01. The van der Waals surface area contributed by atoms with Crippen molar-refractivity contribution >= 4 is 6.09 Å². The molecule has 4 heteroatoms. The molecule has 4 nitrogen and oxygen atoms in total. The average molecular weight is 129 g/mol. The summed E-state index contributed by atoms with van der Waals surface area (Å²) < 4.78 is 9.11. The van der Waals surface area contributed by atoms with Gasteiger partial charge in [-0.3, -0.25) is 0 Å². The lowest BCUT2D eigenvalue weighted by Gasteiger charge is -2.07. The lowest BCUT2D eigenvalue weighted by atomic mass is 10.8. The number of hydrogen-bond acceptors (Lipinski definition) is 3. The van der Waals surface area contributed by atoms with Crippen LogP contribution in [0.25, 0.3) is 0 Å². The fourth-order valence-corrected chi connectivity index (χ4v) is 0.514. The number of amides is 1. The summed E-state index contributed by atoms with van der Waals surface area (Å²) in [6, 6.07) is 0. The van der Waals surface area contributed by atoms with Crippen LogP contribution in [0.4, 0.5) is 4.79 Å². The smallest absolute Gasteiger partial charge is 0.416 e. The molecule has 1 amide bonds. The van der Waals surface area contributed by atoms with Crippen LogP contribution in [-0.4, -0.2) is 24.8 Å². The average Bonchev–Trinajstić information content (AvgIpc) is 2.37. The molecule has 0 saturated heterocycles. The summed E-state index contributed by atoms with van der Waals surface area (Å²) in [5.41, 5.74) is 0. The van der Waals surface area contributed by atoms with Crippen molar-refractivity contribution in [2.75, 3.05) is 13.8 Å². The Morgan fingerprint density at radius 2 is 2.67 bits per heavy atom. The molecule has 0 atom stereocenters. The Morgan fingerprint density at radius 1 is 1.89 bits per heavy atom. The maximum absolute atomic E-state index is 10.6. The van der Waals surface area contributed by atoms with E-state index < -0.39 is 6.09 Å². The van der Waals surface area contributed by atoms with E-state index in [4.69, 9.17) is 4.74 Å². The molecule has 0 unspecified atom stereocenters. The largest absolute Gasteiger partial charge is 0.479 e. The van der Waals surface area contributed by atoms with Gasteiger partial charge in [-0.25, -0.2) is 9.69 Å². The number of carbonyl (C=O) groups is 1. The van der Waals surface area contributed by atoms with Crippen molar-refractivity contribution in [3.8, 4) is 0 Å². The highest BCUT2D eigenvalue weighted by atomic mass is 16.6. The van der Waals surface area contributed by atoms with Crippen molar-refractivity contribution in [1.82, 2.24) is 4.90 Å². The predicted octanol–water partition coefficient (Wildman–Crippen LogP) is 0.514. The van der Waals surface area contributed by atoms with Gasteiger partial charge in [0, 0.05) is 6.20 Å². The SMILES string of the molecule is COC(=O)N1C=COC1. The van der Waals surface area contributed by atoms with Gasteiger partial charge in [-0.2, -0.15) is 0 Å². The maximum Gasteiger partial charge on any atom is 0.416 e. The maximum atomic E-state index is 10.6. The Morgan fingerprint density at radius 3 is 3.11 bits per heavy atom. The minimum atomic E-state index is -0.399. The van der Waals surface area contributed by atoms with E-state index in [2.05, 4.69) is 4.74 Å². The van der Waals surface area contributed by atoms with Gasteiger partial charge in [0.05, 0.1) is 7.11 Å². The van der Waals surface area contributed by atoms with Crippen LogP contribution in [0.2, 0.25) is 0 Å². The molecular weight excluding hydrogens is 122 g/mol. The van der Waals surface area contributed by atoms with Gasteiger partial charge < -0.3 is 9.47 Å². The van der Waals surface area contributed by atoms with Gasteiger partial charge >= 0.3 is 6.09 Å². The van der Waals surface area contributed by atoms with E-state index >= 15 is 0 Å². The molecule has 1 aliphatic heterocycles. The lowest BCUT2D eigenvalue weighted by Crippen LogP contribution is -2.23. The molecule has 1 rings (SSSR count). The Bertz CT molecular complexity index is 143. The summed E-state index contributed by atoms with van der Waals surface area (Å²) in [4.78, 5) is 11.9. The van der Waals surface area contributed by atoms with Crippen LogP contribution < -0.4 is 0 Å². The van der Waals surface area contributed by atoms with E-state index in [0.29, 0.717) is 0 Å². The Labute approximate surface area is 52.7 Å². The standard InChI is InChI=1S/C5H7NO3/c1-8-5(7)6-2-3-9-4-6/h2-3H,4H2,1H3. The predicted molar refractivity (Wildman–Crippen MR) is 29.3 cm³/mol. The van der Waals surface area contributed by atoms with Gasteiger partial charge in [0.25, 0.3) is 0 Å². The molecule has 0 bridgehead atoms. The van der Waals surface area contributed by atoms with Crippen molar-refractivity contribution in [3.63, 3.8) is 0 Å². The molecule has 1 aliphatic rings. The first-order valence-electron chi connectivity index (χ1n) is 2.47. The molecule has 0 spiro atoms. The molecule has 0 saturated carbocycles. The van der Waals surface area contributed by atoms with Gasteiger partial charge in [-0.05, 0) is 0 Å². The zero-order valence-corrected chi connectivity index (χ0v) is 5.03. The highest BCUT2D eigenvalue weighted by Gasteiger charge is 2.13. The van der Waals surface area contributed by atoms with Gasteiger partial charge in [-0.15, -0.1) is 0 Å². The van der Waals surface area contributed by atoms with Crippen LogP contribution in [0.15, 0.2) is 12.5 Å². The third kappa shape index (κ3) is 1.13. The van der Waals surface area contributed by atoms with Gasteiger partial charge in [0.2, 0.25) is 0 Å². The Hall–Kier alpha value is -1.19. The van der Waals surface area contributed by atoms with Crippen molar-refractivity contribution in [3.05, 3.63) is 12.5 Å². The quantitative estimate of drug-likeness (QED) is 0.478. The molecule has 0 aromatic carbocycles. The van der Waals surface area contributed by atoms with E-state index in [1.165, 1.54) is 24.5 Å². The van der Waals surface area contributed by atoms with Crippen molar-refractivity contribution in [1.29, 1.82) is 0 Å². The van der Waals surface area contributed by atoms with Gasteiger partial charge in [-0.1, -0.05) is 0 Å². The van der Waals surface area contributed by atoms with Crippen molar-refractivity contribution in [2.24, 2.45) is 0 Å². The normalized spacial score (nSPS) is 15.4. The molecule has 0 fully saturated rings. The number of hydrogen-bond donors (Lipinski definition) is 0. The molecule has 1 heterocycles. The molecule has 0 aromatic rings. The summed E-state index contributed by atoms with van der Waals surface area (Å²) in [5.74, 6) is 0. The number of nitrogens with zero attached hydrogens (tertiary/aromatic N) is 1. The van der Waals surface area contributed by atoms with Crippen molar-refractivity contribution in [2.45, 2.75) is 0 Å². The first-order chi connectivity index (χ1) is 4.34. The Balaban J connectivity index is 2.43. The number of rotatable bonds is 0. The molecule has 50 valence electrons. The van der Waals surface area contributed by atoms with Crippen LogP contribution >= 0.6 is 0 Å². The first kappa shape index (κ1) is 5.94. The summed E-state index contributed by atoms with van der Waals surface area (Å²) >= 11 is 0. The Kier molecular flexibility index (Phi) is 1.58. The number of carbonyl (C=O) groups excluding carboxylic acids is 1. The van der Waals surface area contributed by atoms with Crippen LogP contribution in [0.5, 0.6) is 0 Å². The molecule has 0 N–H and O–H groups in total. The monoisotopic (exact) mass is 129 g/mol. The lowest BCUT2D eigenvalue weighted by molar-refractivity contribution is 0.111. The first-order valence-corrected chi connectivity index (χ1v) is 2.47. The third-order valence-corrected chi connectivity index (χ3v) is 0.960. The highest BCUT2D eigenvalue weighted by molar-refractivity contribution is 5.68. The topological polar surface area (TPSA) is 38.8 Å². The summed E-state index contributed by atoms with van der Waals surface area (Å²) in [6.07, 6.45) is 2.56. The third-order valence-electron chi connectivity index (χ3n) is 0.960. The van der Waals surface area contributed by atoms with E-state index in [0.717, 1.165) is 0 Å². The van der Waals surface area contributed by atoms with Crippen LogP contribution in [0.3, 0.4) is 0 Å². The van der Waals surface area contributed by atoms with E-state index in [-0.39, 0.29) is 6.73 Å². The van der Waals surface area contributed by atoms with E-state index in [1.807, 2.05) is 0 Å². The molecule has 0 radical (unpaired) electrons. The second-order valence-electron chi connectivity index (χ2n) is 1.52. The van der Waals surface area contributed by atoms with Crippen LogP contribution in [-0.2, 0) is 9.47 Å². The molecule has 0 aromatic heterocycles. The van der Waals surface area contributed by atoms with Gasteiger partial charge in [0.1, 0.15) is 6.26 Å². The van der Waals surface area contributed by atoms with Crippen LogP contribution in [0.1, 0.15) is 0 Å². The zero-order chi connectivity index (χ0) is 6.69. The van der Waals surface area contributed by atoms with E-state index in [1.54, 1.807) is 0 Å².